The third kappa shape index (κ3) is 2.34. The van der Waals surface area contributed by atoms with Gasteiger partial charge in [0, 0.05) is 16.5 Å². The Balaban J connectivity index is 2.49. The molecule has 2 rings (SSSR count). The lowest BCUT2D eigenvalue weighted by Gasteiger charge is -2.05. The Kier molecular flexibility index (Phi) is 3.30. The first kappa shape index (κ1) is 10.5. The topological polar surface area (TPSA) is 0 Å². The molecule has 0 bridgehead atoms. The van der Waals surface area contributed by atoms with E-state index in [1.54, 1.807) is 0 Å². The van der Waals surface area contributed by atoms with E-state index in [0.717, 1.165) is 21.7 Å². The minimum absolute atomic E-state index is 0.526. The van der Waals surface area contributed by atoms with Crippen molar-refractivity contribution in [2.24, 2.45) is 0 Å². The summed E-state index contributed by atoms with van der Waals surface area (Å²) in [4.78, 5) is 0. The minimum atomic E-state index is 0.526. The van der Waals surface area contributed by atoms with Crippen LogP contribution in [-0.4, -0.2) is 0 Å². The lowest BCUT2D eigenvalue weighted by Crippen LogP contribution is -1.82. The average Bonchev–Trinajstić information content (AvgIpc) is 2.30. The largest absolute Gasteiger partial charge is 0.122 e. The van der Waals surface area contributed by atoms with Crippen molar-refractivity contribution < 1.29 is 0 Å². The molecule has 0 saturated heterocycles. The molecule has 2 heteroatoms. The number of halogens is 2. The third-order valence-electron chi connectivity index (χ3n) is 2.27. The van der Waals surface area contributed by atoms with Crippen LogP contribution in [0, 0.1) is 0 Å². The predicted molar refractivity (Wildman–Crippen MR) is 66.4 cm³/mol. The van der Waals surface area contributed by atoms with Gasteiger partial charge in [-0.2, -0.15) is 0 Å². The van der Waals surface area contributed by atoms with Gasteiger partial charge in [-0.1, -0.05) is 48.0 Å². The van der Waals surface area contributed by atoms with E-state index in [4.69, 9.17) is 23.2 Å². The lowest BCUT2D eigenvalue weighted by atomic mass is 10.0. The van der Waals surface area contributed by atoms with Crippen LogP contribution in [0.4, 0.5) is 0 Å². The first-order valence-electron chi connectivity index (χ1n) is 4.71. The summed E-state index contributed by atoms with van der Waals surface area (Å²) < 4.78 is 0. The second-order valence-electron chi connectivity index (χ2n) is 3.31. The normalized spacial score (nSPS) is 10.3. The molecule has 0 nitrogen and oxygen atoms in total. The highest BCUT2D eigenvalue weighted by Gasteiger charge is 2.02. The number of hydrogen-bond acceptors (Lipinski definition) is 0. The Morgan fingerprint density at radius 2 is 1.73 bits per heavy atom. The fraction of sp³-hybridized carbons (Fsp3) is 0.0769. The fourth-order valence-electron chi connectivity index (χ4n) is 1.52. The van der Waals surface area contributed by atoms with Crippen LogP contribution < -0.4 is 0 Å². The molecule has 0 unspecified atom stereocenters. The van der Waals surface area contributed by atoms with E-state index in [1.807, 2.05) is 42.5 Å². The quantitative estimate of drug-likeness (QED) is 0.661. The molecule has 0 saturated carbocycles. The van der Waals surface area contributed by atoms with Crippen molar-refractivity contribution >= 4 is 23.2 Å². The van der Waals surface area contributed by atoms with Gasteiger partial charge < -0.3 is 0 Å². The molecule has 0 aliphatic heterocycles. The summed E-state index contributed by atoms with van der Waals surface area (Å²) in [6, 6.07) is 15.9. The van der Waals surface area contributed by atoms with E-state index in [2.05, 4.69) is 6.07 Å². The summed E-state index contributed by atoms with van der Waals surface area (Å²) in [7, 11) is 0. The molecule has 2 aromatic rings. The van der Waals surface area contributed by atoms with Crippen molar-refractivity contribution in [3.8, 4) is 11.1 Å². The van der Waals surface area contributed by atoms with Gasteiger partial charge in [-0.05, 0) is 23.3 Å². The highest BCUT2D eigenvalue weighted by atomic mass is 35.5. The Labute approximate surface area is 99.5 Å². The van der Waals surface area contributed by atoms with Crippen LogP contribution in [0.25, 0.3) is 11.1 Å². The van der Waals surface area contributed by atoms with Crippen LogP contribution in [0.1, 0.15) is 5.56 Å². The number of benzene rings is 2. The van der Waals surface area contributed by atoms with Crippen LogP contribution in [0.15, 0.2) is 48.5 Å². The van der Waals surface area contributed by atoms with Gasteiger partial charge >= 0.3 is 0 Å². The van der Waals surface area contributed by atoms with Gasteiger partial charge in [0.2, 0.25) is 0 Å². The molecule has 0 fully saturated rings. The molecule has 2 aromatic carbocycles. The lowest BCUT2D eigenvalue weighted by molar-refractivity contribution is 1.40. The predicted octanol–water partition coefficient (Wildman–Crippen LogP) is 4.75. The highest BCUT2D eigenvalue weighted by Crippen LogP contribution is 2.28. The molecule has 0 aliphatic carbocycles. The summed E-state index contributed by atoms with van der Waals surface area (Å²) in [5, 5.41) is 0.768. The van der Waals surface area contributed by atoms with Crippen LogP contribution in [0.3, 0.4) is 0 Å². The standard InChI is InChI=1S/C13H10Cl2/c14-9-10-4-3-5-11(8-10)12-6-1-2-7-13(12)15/h1-8H,9H2. The Morgan fingerprint density at radius 1 is 0.933 bits per heavy atom. The summed E-state index contributed by atoms with van der Waals surface area (Å²) >= 11 is 11.9. The molecule has 76 valence electrons. The zero-order chi connectivity index (χ0) is 10.7. The van der Waals surface area contributed by atoms with Crippen LogP contribution in [0.5, 0.6) is 0 Å². The summed E-state index contributed by atoms with van der Waals surface area (Å²) in [6.07, 6.45) is 0. The van der Waals surface area contributed by atoms with Gasteiger partial charge in [0.25, 0.3) is 0 Å². The van der Waals surface area contributed by atoms with Crippen molar-refractivity contribution in [3.05, 3.63) is 59.1 Å². The number of hydrogen-bond donors (Lipinski definition) is 0. The summed E-state index contributed by atoms with van der Waals surface area (Å²) in [5.41, 5.74) is 3.26. The molecule has 0 atom stereocenters. The molecule has 0 radical (unpaired) electrons. The molecule has 0 N–H and O–H groups in total. The summed E-state index contributed by atoms with van der Waals surface area (Å²) in [5.74, 6) is 0.526. The Morgan fingerprint density at radius 3 is 2.47 bits per heavy atom. The van der Waals surface area contributed by atoms with Crippen LogP contribution >= 0.6 is 23.2 Å². The maximum Gasteiger partial charge on any atom is 0.0484 e. The second kappa shape index (κ2) is 4.69. The van der Waals surface area contributed by atoms with Crippen molar-refractivity contribution in [3.63, 3.8) is 0 Å². The molecular formula is C13H10Cl2. The number of rotatable bonds is 2. The van der Waals surface area contributed by atoms with Crippen molar-refractivity contribution in [2.75, 3.05) is 0 Å². The zero-order valence-corrected chi connectivity index (χ0v) is 9.59. The maximum absolute atomic E-state index is 6.12. The molecule has 0 spiro atoms. The van der Waals surface area contributed by atoms with Crippen molar-refractivity contribution in [1.29, 1.82) is 0 Å². The average molecular weight is 237 g/mol. The maximum atomic E-state index is 6.12. The van der Waals surface area contributed by atoms with Gasteiger partial charge in [0.15, 0.2) is 0 Å². The zero-order valence-electron chi connectivity index (χ0n) is 8.08. The monoisotopic (exact) mass is 236 g/mol. The minimum Gasteiger partial charge on any atom is -0.122 e. The van der Waals surface area contributed by atoms with Gasteiger partial charge in [0.1, 0.15) is 0 Å². The van der Waals surface area contributed by atoms with Crippen LogP contribution in [-0.2, 0) is 5.88 Å². The third-order valence-corrected chi connectivity index (χ3v) is 2.90. The molecule has 15 heavy (non-hydrogen) atoms. The van der Waals surface area contributed by atoms with Crippen LogP contribution in [0.2, 0.25) is 5.02 Å². The van der Waals surface area contributed by atoms with E-state index in [9.17, 15) is 0 Å². The van der Waals surface area contributed by atoms with E-state index in [1.165, 1.54) is 0 Å². The second-order valence-corrected chi connectivity index (χ2v) is 3.99. The van der Waals surface area contributed by atoms with E-state index in [-0.39, 0.29) is 0 Å². The molecular weight excluding hydrogens is 227 g/mol. The van der Waals surface area contributed by atoms with E-state index in [0.29, 0.717) is 5.88 Å². The molecule has 0 amide bonds. The Bertz CT molecular complexity index is 464. The van der Waals surface area contributed by atoms with Crippen molar-refractivity contribution in [2.45, 2.75) is 5.88 Å². The first-order chi connectivity index (χ1) is 7.31. The fourth-order valence-corrected chi connectivity index (χ4v) is 1.93. The highest BCUT2D eigenvalue weighted by molar-refractivity contribution is 6.33. The smallest absolute Gasteiger partial charge is 0.0484 e. The first-order valence-corrected chi connectivity index (χ1v) is 5.62. The molecule has 0 heterocycles. The van der Waals surface area contributed by atoms with E-state index < -0.39 is 0 Å². The van der Waals surface area contributed by atoms with Gasteiger partial charge in [-0.15, -0.1) is 11.6 Å². The van der Waals surface area contributed by atoms with Gasteiger partial charge in [-0.25, -0.2) is 0 Å². The van der Waals surface area contributed by atoms with E-state index >= 15 is 0 Å². The summed E-state index contributed by atoms with van der Waals surface area (Å²) in [6.45, 7) is 0. The van der Waals surface area contributed by atoms with Gasteiger partial charge in [-0.3, -0.25) is 0 Å². The molecule has 0 aromatic heterocycles. The molecule has 0 aliphatic rings. The van der Waals surface area contributed by atoms with Crippen molar-refractivity contribution in [1.82, 2.24) is 0 Å². The Hall–Kier alpha value is -0.980. The SMILES string of the molecule is ClCc1cccc(-c2ccccc2Cl)c1. The number of alkyl halides is 1. The van der Waals surface area contributed by atoms with Gasteiger partial charge in [0.05, 0.1) is 0 Å².